The number of aliphatic hydroxyl groups is 1. The van der Waals surface area contributed by atoms with Crippen LogP contribution in [0.1, 0.15) is 42.8 Å². The number of hydrogen-bond donors (Lipinski definition) is 2. The van der Waals surface area contributed by atoms with Crippen molar-refractivity contribution in [3.8, 4) is 0 Å². The summed E-state index contributed by atoms with van der Waals surface area (Å²) in [6.07, 6.45) is 2.29. The van der Waals surface area contributed by atoms with Crippen LogP contribution in [0.15, 0.2) is 11.7 Å². The molecular weight excluding hydrogens is 370 g/mol. The zero-order valence-electron chi connectivity index (χ0n) is 15.8. The molecule has 0 unspecified atom stereocenters. The van der Waals surface area contributed by atoms with E-state index in [0.717, 1.165) is 0 Å². The first-order valence-electron chi connectivity index (χ1n) is 9.29. The van der Waals surface area contributed by atoms with Crippen LogP contribution in [-0.2, 0) is 14.3 Å². The molecule has 1 aromatic heterocycles. The van der Waals surface area contributed by atoms with Crippen molar-refractivity contribution in [2.75, 3.05) is 32.9 Å². The number of hydrogen-bond acceptors (Lipinski definition) is 7. The Hall–Kier alpha value is -1.55. The number of ether oxygens (including phenoxy) is 2. The molecule has 0 radical (unpaired) electrons. The van der Waals surface area contributed by atoms with E-state index in [1.165, 1.54) is 11.3 Å². The van der Waals surface area contributed by atoms with Crippen molar-refractivity contribution in [3.05, 3.63) is 16.6 Å². The first-order valence-corrected chi connectivity index (χ1v) is 10.2. The second-order valence-electron chi connectivity index (χ2n) is 7.33. The highest BCUT2D eigenvalue weighted by Gasteiger charge is 2.54. The molecule has 2 aliphatic heterocycles. The van der Waals surface area contributed by atoms with Gasteiger partial charge in [-0.2, -0.15) is 0 Å². The van der Waals surface area contributed by atoms with Gasteiger partial charge in [-0.15, -0.1) is 11.3 Å². The third-order valence-corrected chi connectivity index (χ3v) is 6.28. The third-order valence-electron chi connectivity index (χ3n) is 5.52. The van der Waals surface area contributed by atoms with Crippen LogP contribution >= 0.6 is 11.3 Å². The van der Waals surface area contributed by atoms with Crippen molar-refractivity contribution < 1.29 is 24.2 Å². The Bertz CT molecular complexity index is 660. The lowest BCUT2D eigenvalue weighted by Gasteiger charge is -2.53. The maximum Gasteiger partial charge on any atom is 0.265 e. The zero-order valence-corrected chi connectivity index (χ0v) is 16.6. The molecule has 0 saturated carbocycles. The van der Waals surface area contributed by atoms with Crippen LogP contribution in [0.5, 0.6) is 0 Å². The van der Waals surface area contributed by atoms with Gasteiger partial charge < -0.3 is 24.8 Å². The summed E-state index contributed by atoms with van der Waals surface area (Å²) in [5, 5.41) is 14.0. The van der Waals surface area contributed by atoms with Gasteiger partial charge in [0.2, 0.25) is 5.91 Å². The van der Waals surface area contributed by atoms with Crippen LogP contribution in [0.4, 0.5) is 0 Å². The van der Waals surface area contributed by atoms with Crippen LogP contribution in [0, 0.1) is 0 Å². The molecule has 0 bridgehead atoms. The predicted octanol–water partition coefficient (Wildman–Crippen LogP) is 0.810. The van der Waals surface area contributed by atoms with Gasteiger partial charge in [0.15, 0.2) is 0 Å². The lowest BCUT2D eigenvalue weighted by atomic mass is 9.73. The van der Waals surface area contributed by atoms with E-state index >= 15 is 0 Å². The average Bonchev–Trinajstić information content (AvgIpc) is 3.19. The second kappa shape index (κ2) is 8.22. The highest BCUT2D eigenvalue weighted by molar-refractivity contribution is 7.11. The molecule has 1 aromatic rings. The Kier molecular flexibility index (Phi) is 6.15. The van der Waals surface area contributed by atoms with Crippen molar-refractivity contribution in [2.24, 2.45) is 0 Å². The Morgan fingerprint density at radius 2 is 2.19 bits per heavy atom. The van der Waals surface area contributed by atoms with Crippen molar-refractivity contribution >= 4 is 23.2 Å². The number of piperidine rings is 1. The normalized spacial score (nSPS) is 27.5. The fourth-order valence-corrected chi connectivity index (χ4v) is 4.51. The van der Waals surface area contributed by atoms with E-state index in [-0.39, 0.29) is 18.4 Å². The standard InChI is InChI=1S/C18H27N3O5S/c1-3-25-11-14(22)20-17(2)6-9-26-18(16(17)24)4-7-21(8-5-18)15(23)13-10-19-12-27-13/h10,12,16,24H,3-9,11H2,1-2H3,(H,20,22)/t16-,17+/m1/s1. The number of amides is 2. The van der Waals surface area contributed by atoms with E-state index in [0.29, 0.717) is 50.4 Å². The van der Waals surface area contributed by atoms with E-state index in [4.69, 9.17) is 9.47 Å². The number of thiazole rings is 1. The molecule has 0 aliphatic carbocycles. The van der Waals surface area contributed by atoms with Crippen LogP contribution in [-0.4, -0.2) is 77.0 Å². The van der Waals surface area contributed by atoms with Crippen LogP contribution in [0.2, 0.25) is 0 Å². The minimum Gasteiger partial charge on any atom is -0.388 e. The lowest BCUT2D eigenvalue weighted by Crippen LogP contribution is -2.69. The molecule has 27 heavy (non-hydrogen) atoms. The van der Waals surface area contributed by atoms with Gasteiger partial charge in [0.25, 0.3) is 5.91 Å². The molecule has 3 rings (SSSR count). The number of aliphatic hydroxyl groups excluding tert-OH is 1. The molecular formula is C18H27N3O5S. The molecule has 2 atom stereocenters. The van der Waals surface area contributed by atoms with E-state index in [1.54, 1.807) is 16.6 Å². The minimum absolute atomic E-state index is 0.0240. The summed E-state index contributed by atoms with van der Waals surface area (Å²) >= 11 is 1.32. The van der Waals surface area contributed by atoms with Gasteiger partial charge in [-0.1, -0.05) is 0 Å². The SMILES string of the molecule is CCOCC(=O)N[C@@]1(C)CCOC2(CCN(C(=O)c3cncs3)CC2)[C@@H]1O. The molecule has 0 aromatic carbocycles. The third kappa shape index (κ3) is 4.16. The maximum atomic E-state index is 12.5. The van der Waals surface area contributed by atoms with Gasteiger partial charge in [-0.25, -0.2) is 0 Å². The highest BCUT2D eigenvalue weighted by Crippen LogP contribution is 2.40. The van der Waals surface area contributed by atoms with Crippen molar-refractivity contribution in [2.45, 2.75) is 50.4 Å². The molecule has 2 amide bonds. The number of carbonyl (C=O) groups is 2. The largest absolute Gasteiger partial charge is 0.388 e. The molecule has 2 saturated heterocycles. The molecule has 8 nitrogen and oxygen atoms in total. The first-order chi connectivity index (χ1) is 12.9. The van der Waals surface area contributed by atoms with E-state index in [2.05, 4.69) is 10.3 Å². The van der Waals surface area contributed by atoms with Gasteiger partial charge in [-0.3, -0.25) is 14.6 Å². The van der Waals surface area contributed by atoms with Crippen molar-refractivity contribution in [1.29, 1.82) is 0 Å². The molecule has 1 spiro atoms. The monoisotopic (exact) mass is 397 g/mol. The maximum absolute atomic E-state index is 12.5. The number of carbonyl (C=O) groups excluding carboxylic acids is 2. The second-order valence-corrected chi connectivity index (χ2v) is 8.21. The van der Waals surface area contributed by atoms with E-state index in [9.17, 15) is 14.7 Å². The topological polar surface area (TPSA) is 101 Å². The molecule has 9 heteroatoms. The number of nitrogens with one attached hydrogen (secondary N) is 1. The molecule has 2 N–H and O–H groups in total. The summed E-state index contributed by atoms with van der Waals surface area (Å²) in [5.74, 6) is -0.279. The summed E-state index contributed by atoms with van der Waals surface area (Å²) in [5.41, 5.74) is 0.107. The Morgan fingerprint density at radius 3 is 2.81 bits per heavy atom. The zero-order chi connectivity index (χ0) is 19.5. The fourth-order valence-electron chi connectivity index (χ4n) is 3.93. The first kappa shape index (κ1) is 20.2. The molecule has 2 aliphatic rings. The summed E-state index contributed by atoms with van der Waals surface area (Å²) in [7, 11) is 0. The van der Waals surface area contributed by atoms with Gasteiger partial charge >= 0.3 is 0 Å². The van der Waals surface area contributed by atoms with E-state index in [1.807, 2.05) is 13.8 Å². The van der Waals surface area contributed by atoms with Crippen molar-refractivity contribution in [3.63, 3.8) is 0 Å². The number of nitrogens with zero attached hydrogens (tertiary/aromatic N) is 2. The number of rotatable bonds is 5. The van der Waals surface area contributed by atoms with Gasteiger partial charge in [0.1, 0.15) is 17.6 Å². The number of likely N-dealkylation sites (tertiary alicyclic amines) is 1. The Labute approximate surface area is 162 Å². The minimum atomic E-state index is -0.856. The molecule has 150 valence electrons. The van der Waals surface area contributed by atoms with Gasteiger partial charge in [0, 0.05) is 26.3 Å². The molecule has 2 fully saturated rings. The summed E-state index contributed by atoms with van der Waals surface area (Å²) in [6.45, 7) is 5.56. The number of aromatic nitrogens is 1. The van der Waals surface area contributed by atoms with Crippen molar-refractivity contribution in [1.82, 2.24) is 15.2 Å². The predicted molar refractivity (Wildman–Crippen MR) is 99.6 cm³/mol. The summed E-state index contributed by atoms with van der Waals surface area (Å²) < 4.78 is 11.2. The lowest BCUT2D eigenvalue weighted by molar-refractivity contribution is -0.206. The summed E-state index contributed by atoms with van der Waals surface area (Å²) in [6, 6.07) is 0. The van der Waals surface area contributed by atoms with Crippen LogP contribution in [0.25, 0.3) is 0 Å². The molecule has 3 heterocycles. The van der Waals surface area contributed by atoms with Crippen LogP contribution in [0.3, 0.4) is 0 Å². The van der Waals surface area contributed by atoms with Gasteiger partial charge in [0.05, 0.1) is 22.8 Å². The summed E-state index contributed by atoms with van der Waals surface area (Å²) in [4.78, 5) is 31.0. The Balaban J connectivity index is 1.64. The Morgan fingerprint density at radius 1 is 1.44 bits per heavy atom. The van der Waals surface area contributed by atoms with E-state index < -0.39 is 17.2 Å². The van der Waals surface area contributed by atoms with Gasteiger partial charge in [-0.05, 0) is 33.1 Å². The smallest absolute Gasteiger partial charge is 0.265 e. The highest BCUT2D eigenvalue weighted by atomic mass is 32.1. The quantitative estimate of drug-likeness (QED) is 0.763. The average molecular weight is 397 g/mol. The van der Waals surface area contributed by atoms with Crippen LogP contribution < -0.4 is 5.32 Å². The fraction of sp³-hybridized carbons (Fsp3) is 0.722.